The second-order valence-corrected chi connectivity index (χ2v) is 5.25. The van der Waals surface area contributed by atoms with E-state index in [4.69, 9.17) is 5.11 Å². The molecule has 116 valence electrons. The fourth-order valence-electron chi connectivity index (χ4n) is 2.07. The second kappa shape index (κ2) is 7.06. The van der Waals surface area contributed by atoms with Crippen LogP contribution in [0.25, 0.3) is 6.08 Å². The first-order valence-corrected chi connectivity index (χ1v) is 6.99. The third-order valence-corrected chi connectivity index (χ3v) is 3.74. The maximum atomic E-state index is 11.9. The number of hydrogen-bond donors (Lipinski definition) is 2. The van der Waals surface area contributed by atoms with Gasteiger partial charge in [-0.1, -0.05) is 20.3 Å². The molecule has 0 aliphatic carbocycles. The summed E-state index contributed by atoms with van der Waals surface area (Å²) in [6.07, 6.45) is 3.71. The molecule has 1 aromatic rings. The van der Waals surface area contributed by atoms with Crippen LogP contribution in [0.5, 0.6) is 0 Å². The van der Waals surface area contributed by atoms with E-state index in [0.29, 0.717) is 6.42 Å². The third-order valence-electron chi connectivity index (χ3n) is 3.74. The van der Waals surface area contributed by atoms with E-state index in [-0.39, 0.29) is 5.92 Å². The highest BCUT2D eigenvalue weighted by atomic mass is 16.4. The van der Waals surface area contributed by atoms with Gasteiger partial charge in [0.25, 0.3) is 0 Å². The molecule has 1 heterocycles. The Morgan fingerprint density at radius 2 is 2.05 bits per heavy atom. The molecular formula is C15H23N3O3. The zero-order valence-electron chi connectivity index (χ0n) is 13.2. The Balaban J connectivity index is 2.81. The summed E-state index contributed by atoms with van der Waals surface area (Å²) in [5.74, 6) is -1.55. The van der Waals surface area contributed by atoms with Crippen molar-refractivity contribution in [3.05, 3.63) is 23.0 Å². The molecule has 0 aliphatic heterocycles. The van der Waals surface area contributed by atoms with Gasteiger partial charge in [0.05, 0.1) is 5.69 Å². The molecule has 0 bridgehead atoms. The number of aliphatic carboxylic acids is 1. The number of carbonyl (C=O) groups excluding carboxylic acids is 1. The molecule has 6 nitrogen and oxygen atoms in total. The maximum absolute atomic E-state index is 11.9. The van der Waals surface area contributed by atoms with Crippen molar-refractivity contribution in [3.8, 4) is 0 Å². The Morgan fingerprint density at radius 1 is 1.43 bits per heavy atom. The number of nitrogens with zero attached hydrogens (tertiary/aromatic N) is 2. The fourth-order valence-corrected chi connectivity index (χ4v) is 2.07. The quantitative estimate of drug-likeness (QED) is 0.781. The Kier molecular flexibility index (Phi) is 5.69. The molecule has 0 fully saturated rings. The van der Waals surface area contributed by atoms with Crippen LogP contribution in [0.15, 0.2) is 6.08 Å². The van der Waals surface area contributed by atoms with Crippen molar-refractivity contribution < 1.29 is 14.7 Å². The van der Waals surface area contributed by atoms with Gasteiger partial charge in [-0.2, -0.15) is 5.10 Å². The highest BCUT2D eigenvalue weighted by molar-refractivity contribution is 5.94. The minimum absolute atomic E-state index is 0.123. The second-order valence-electron chi connectivity index (χ2n) is 5.25. The van der Waals surface area contributed by atoms with Crippen LogP contribution in [-0.4, -0.2) is 32.8 Å². The van der Waals surface area contributed by atoms with Gasteiger partial charge in [0.2, 0.25) is 5.91 Å². The summed E-state index contributed by atoms with van der Waals surface area (Å²) in [5.41, 5.74) is 2.66. The number of nitrogens with one attached hydrogen (secondary N) is 1. The number of carbonyl (C=O) groups is 2. The molecule has 2 atom stereocenters. The summed E-state index contributed by atoms with van der Waals surface area (Å²) >= 11 is 0. The van der Waals surface area contributed by atoms with Gasteiger partial charge >= 0.3 is 5.97 Å². The van der Waals surface area contributed by atoms with Gasteiger partial charge in [-0.05, 0) is 25.8 Å². The number of amides is 1. The van der Waals surface area contributed by atoms with Crippen LogP contribution in [0, 0.1) is 19.8 Å². The average molecular weight is 293 g/mol. The van der Waals surface area contributed by atoms with E-state index in [9.17, 15) is 9.59 Å². The molecule has 0 spiro atoms. The van der Waals surface area contributed by atoms with Gasteiger partial charge in [0.15, 0.2) is 0 Å². The van der Waals surface area contributed by atoms with Crippen LogP contribution in [0.3, 0.4) is 0 Å². The number of aromatic nitrogens is 2. The number of rotatable bonds is 6. The fraction of sp³-hybridized carbons (Fsp3) is 0.533. The van der Waals surface area contributed by atoms with Gasteiger partial charge < -0.3 is 10.4 Å². The van der Waals surface area contributed by atoms with E-state index in [2.05, 4.69) is 10.4 Å². The lowest BCUT2D eigenvalue weighted by molar-refractivity contribution is -0.142. The van der Waals surface area contributed by atoms with Gasteiger partial charge in [0.1, 0.15) is 6.04 Å². The van der Waals surface area contributed by atoms with E-state index >= 15 is 0 Å². The first-order valence-electron chi connectivity index (χ1n) is 6.99. The topological polar surface area (TPSA) is 84.2 Å². The third kappa shape index (κ3) is 4.18. The highest BCUT2D eigenvalue weighted by Gasteiger charge is 2.24. The van der Waals surface area contributed by atoms with Gasteiger partial charge in [-0.3, -0.25) is 9.48 Å². The van der Waals surface area contributed by atoms with Crippen molar-refractivity contribution >= 4 is 18.0 Å². The molecule has 0 unspecified atom stereocenters. The standard InChI is InChI=1S/C15H23N3O3/c1-6-9(2)14(15(20)21)16-13(19)8-7-12-10(3)17-18(5)11(12)4/h7-9,14H,6H2,1-5H3,(H,16,19)(H,20,21)/b8-7+/t9-,14-/m0/s1. The van der Waals surface area contributed by atoms with E-state index in [1.54, 1.807) is 17.7 Å². The molecule has 2 N–H and O–H groups in total. The van der Waals surface area contributed by atoms with E-state index in [0.717, 1.165) is 17.0 Å². The predicted octanol–water partition coefficient (Wildman–Crippen LogP) is 1.67. The summed E-state index contributed by atoms with van der Waals surface area (Å²) in [6, 6.07) is -0.872. The molecule has 0 radical (unpaired) electrons. The van der Waals surface area contributed by atoms with Crippen LogP contribution in [0.4, 0.5) is 0 Å². The van der Waals surface area contributed by atoms with E-state index in [1.165, 1.54) is 6.08 Å². The molecule has 1 amide bonds. The Labute approximate surface area is 124 Å². The zero-order valence-corrected chi connectivity index (χ0v) is 13.2. The van der Waals surface area contributed by atoms with Crippen molar-refractivity contribution in [2.24, 2.45) is 13.0 Å². The van der Waals surface area contributed by atoms with Crippen molar-refractivity contribution in [1.29, 1.82) is 0 Å². The van der Waals surface area contributed by atoms with Crippen molar-refractivity contribution in [1.82, 2.24) is 15.1 Å². The van der Waals surface area contributed by atoms with Crippen LogP contribution in [0.1, 0.15) is 37.2 Å². The van der Waals surface area contributed by atoms with Crippen LogP contribution >= 0.6 is 0 Å². The largest absolute Gasteiger partial charge is 0.480 e. The van der Waals surface area contributed by atoms with Crippen molar-refractivity contribution in [3.63, 3.8) is 0 Å². The minimum atomic E-state index is -1.01. The minimum Gasteiger partial charge on any atom is -0.480 e. The maximum Gasteiger partial charge on any atom is 0.326 e. The SMILES string of the molecule is CC[C@H](C)[C@H](NC(=O)/C=C/c1c(C)nn(C)c1C)C(=O)O. The zero-order chi connectivity index (χ0) is 16.2. The van der Waals surface area contributed by atoms with Crippen molar-refractivity contribution in [2.75, 3.05) is 0 Å². The molecule has 0 saturated heterocycles. The average Bonchev–Trinajstić information content (AvgIpc) is 2.66. The lowest BCUT2D eigenvalue weighted by Crippen LogP contribution is -2.44. The smallest absolute Gasteiger partial charge is 0.326 e. The van der Waals surface area contributed by atoms with Gasteiger partial charge in [-0.25, -0.2) is 4.79 Å². The summed E-state index contributed by atoms with van der Waals surface area (Å²) in [6.45, 7) is 7.48. The van der Waals surface area contributed by atoms with Gasteiger partial charge in [0, 0.05) is 24.4 Å². The summed E-state index contributed by atoms with van der Waals surface area (Å²) in [4.78, 5) is 23.1. The lowest BCUT2D eigenvalue weighted by Gasteiger charge is -2.19. The van der Waals surface area contributed by atoms with Gasteiger partial charge in [-0.15, -0.1) is 0 Å². The molecular weight excluding hydrogens is 270 g/mol. The van der Waals surface area contributed by atoms with Crippen molar-refractivity contribution in [2.45, 2.75) is 40.2 Å². The summed E-state index contributed by atoms with van der Waals surface area (Å²) < 4.78 is 1.74. The Morgan fingerprint density at radius 3 is 2.48 bits per heavy atom. The Bertz CT molecular complexity index is 561. The normalized spacial score (nSPS) is 14.1. The molecule has 1 aromatic heterocycles. The molecule has 0 saturated carbocycles. The first-order chi connectivity index (χ1) is 9.77. The number of hydrogen-bond acceptors (Lipinski definition) is 3. The summed E-state index contributed by atoms with van der Waals surface area (Å²) in [7, 11) is 1.84. The number of carboxylic acids is 1. The lowest BCUT2D eigenvalue weighted by atomic mass is 9.99. The number of carboxylic acid groups (broad SMARTS) is 1. The predicted molar refractivity (Wildman–Crippen MR) is 80.7 cm³/mol. The molecule has 0 aromatic carbocycles. The first kappa shape index (κ1) is 16.9. The molecule has 1 rings (SSSR count). The molecule has 21 heavy (non-hydrogen) atoms. The Hall–Kier alpha value is -2.11. The molecule has 0 aliphatic rings. The van der Waals surface area contributed by atoms with Crippen LogP contribution in [0.2, 0.25) is 0 Å². The van der Waals surface area contributed by atoms with Crippen LogP contribution < -0.4 is 5.32 Å². The highest BCUT2D eigenvalue weighted by Crippen LogP contribution is 2.13. The summed E-state index contributed by atoms with van der Waals surface area (Å²) in [5, 5.41) is 15.9. The monoisotopic (exact) mass is 293 g/mol. The van der Waals surface area contributed by atoms with Crippen LogP contribution in [-0.2, 0) is 16.6 Å². The van der Waals surface area contributed by atoms with E-state index in [1.807, 2.05) is 27.8 Å². The number of aryl methyl sites for hydroxylation is 2. The molecule has 6 heteroatoms. The van der Waals surface area contributed by atoms with E-state index < -0.39 is 17.9 Å².